The maximum absolute atomic E-state index is 12.1. The van der Waals surface area contributed by atoms with Crippen molar-refractivity contribution in [3.63, 3.8) is 0 Å². The van der Waals surface area contributed by atoms with Crippen molar-refractivity contribution >= 4 is 5.97 Å². The van der Waals surface area contributed by atoms with E-state index in [0.717, 1.165) is 12.0 Å². The topological polar surface area (TPSA) is 127 Å². The van der Waals surface area contributed by atoms with Crippen molar-refractivity contribution in [1.82, 2.24) is 0 Å². The van der Waals surface area contributed by atoms with Crippen LogP contribution in [0.1, 0.15) is 37.8 Å². The van der Waals surface area contributed by atoms with Gasteiger partial charge in [-0.1, -0.05) is 38.1 Å². The Morgan fingerprint density at radius 3 is 2.00 bits per heavy atom. The van der Waals surface area contributed by atoms with Crippen LogP contribution in [0.25, 0.3) is 0 Å². The molecule has 1 aromatic rings. The van der Waals surface area contributed by atoms with Crippen LogP contribution in [-0.4, -0.2) is 69.1 Å². The molecule has 0 heterocycles. The van der Waals surface area contributed by atoms with E-state index in [1.165, 1.54) is 5.56 Å². The second-order valence-corrected chi connectivity index (χ2v) is 6.99. The van der Waals surface area contributed by atoms with Gasteiger partial charge in [0, 0.05) is 0 Å². The zero-order chi connectivity index (χ0) is 19.9. The fourth-order valence-corrected chi connectivity index (χ4v) is 2.50. The largest absolute Gasteiger partial charge is 0.462 e. The summed E-state index contributed by atoms with van der Waals surface area (Å²) in [5.41, 5.74) is 1.95. The quantitative estimate of drug-likeness (QED) is 0.366. The lowest BCUT2D eigenvalue weighted by atomic mass is 9.97. The minimum Gasteiger partial charge on any atom is -0.462 e. The van der Waals surface area contributed by atoms with Crippen LogP contribution in [-0.2, 0) is 16.0 Å². The molecule has 26 heavy (non-hydrogen) atoms. The third-order valence-corrected chi connectivity index (χ3v) is 4.20. The van der Waals surface area contributed by atoms with Crippen LogP contribution in [0, 0.1) is 5.92 Å². The molecule has 0 amide bonds. The highest BCUT2D eigenvalue weighted by molar-refractivity contribution is 5.77. The lowest BCUT2D eigenvalue weighted by molar-refractivity contribution is -0.157. The molecule has 7 nitrogen and oxygen atoms in total. The number of hydrogen-bond acceptors (Lipinski definition) is 7. The van der Waals surface area contributed by atoms with E-state index < -0.39 is 49.5 Å². The summed E-state index contributed by atoms with van der Waals surface area (Å²) >= 11 is 0. The van der Waals surface area contributed by atoms with Crippen LogP contribution in [0.4, 0.5) is 0 Å². The number of ether oxygens (including phenoxy) is 1. The molecule has 0 saturated carbocycles. The van der Waals surface area contributed by atoms with E-state index in [1.807, 2.05) is 24.3 Å². The van der Waals surface area contributed by atoms with Gasteiger partial charge in [0.1, 0.15) is 31.0 Å². The van der Waals surface area contributed by atoms with Crippen LogP contribution < -0.4 is 0 Å². The molecule has 0 aromatic heterocycles. The average Bonchev–Trinajstić information content (AvgIpc) is 2.63. The first-order chi connectivity index (χ1) is 12.2. The van der Waals surface area contributed by atoms with Crippen LogP contribution in [0.3, 0.4) is 0 Å². The molecule has 7 heteroatoms. The Balaban J connectivity index is 2.56. The van der Waals surface area contributed by atoms with Gasteiger partial charge >= 0.3 is 5.97 Å². The van der Waals surface area contributed by atoms with Gasteiger partial charge in [-0.3, -0.25) is 4.79 Å². The number of esters is 1. The number of benzene rings is 1. The number of aliphatic hydroxyl groups excluding tert-OH is 5. The summed E-state index contributed by atoms with van der Waals surface area (Å²) in [6.45, 7) is 4.63. The molecule has 0 bridgehead atoms. The molecule has 0 aliphatic heterocycles. The van der Waals surface area contributed by atoms with Gasteiger partial charge in [0.05, 0.1) is 12.5 Å². The Hall–Kier alpha value is -1.51. The zero-order valence-electron chi connectivity index (χ0n) is 15.4. The summed E-state index contributed by atoms with van der Waals surface area (Å²) in [5.74, 6) is -0.596. The molecule has 5 atom stereocenters. The third kappa shape index (κ3) is 6.66. The van der Waals surface area contributed by atoms with Crippen LogP contribution in [0.5, 0.6) is 0 Å². The molecule has 0 aliphatic rings. The highest BCUT2D eigenvalue weighted by Crippen LogP contribution is 2.19. The fraction of sp³-hybridized carbons (Fsp3) is 0.632. The molecule has 0 radical (unpaired) electrons. The van der Waals surface area contributed by atoms with Crippen molar-refractivity contribution in [2.75, 3.05) is 13.2 Å². The summed E-state index contributed by atoms with van der Waals surface area (Å²) in [7, 11) is 0. The Morgan fingerprint density at radius 1 is 0.962 bits per heavy atom. The van der Waals surface area contributed by atoms with E-state index in [2.05, 4.69) is 13.8 Å². The van der Waals surface area contributed by atoms with Gasteiger partial charge in [0.15, 0.2) is 0 Å². The number of rotatable bonds is 10. The lowest BCUT2D eigenvalue weighted by Gasteiger charge is -2.25. The van der Waals surface area contributed by atoms with Crippen molar-refractivity contribution in [2.24, 2.45) is 5.92 Å². The summed E-state index contributed by atoms with van der Waals surface area (Å²) in [4.78, 5) is 12.1. The van der Waals surface area contributed by atoms with E-state index in [4.69, 9.17) is 9.84 Å². The van der Waals surface area contributed by atoms with Crippen molar-refractivity contribution in [1.29, 1.82) is 0 Å². The molecule has 1 aromatic carbocycles. The first-order valence-electron chi connectivity index (χ1n) is 8.76. The molecule has 0 saturated heterocycles. The van der Waals surface area contributed by atoms with Crippen molar-refractivity contribution < 1.29 is 35.1 Å². The lowest BCUT2D eigenvalue weighted by Crippen LogP contribution is -2.47. The summed E-state index contributed by atoms with van der Waals surface area (Å²) in [6, 6.07) is 7.64. The molecule has 1 unspecified atom stereocenters. The van der Waals surface area contributed by atoms with Crippen molar-refractivity contribution in [3.05, 3.63) is 35.4 Å². The van der Waals surface area contributed by atoms with E-state index in [-0.39, 0.29) is 0 Å². The van der Waals surface area contributed by atoms with Crippen LogP contribution in [0.15, 0.2) is 24.3 Å². The fourth-order valence-electron chi connectivity index (χ4n) is 2.50. The van der Waals surface area contributed by atoms with Crippen molar-refractivity contribution in [3.8, 4) is 0 Å². The molecule has 0 spiro atoms. The Morgan fingerprint density at radius 2 is 1.50 bits per heavy atom. The van der Waals surface area contributed by atoms with Gasteiger partial charge < -0.3 is 30.3 Å². The van der Waals surface area contributed by atoms with E-state index in [0.29, 0.717) is 5.92 Å². The predicted molar refractivity (Wildman–Crippen MR) is 95.5 cm³/mol. The zero-order valence-corrected chi connectivity index (χ0v) is 15.4. The van der Waals surface area contributed by atoms with Crippen LogP contribution >= 0.6 is 0 Å². The smallest absolute Gasteiger partial charge is 0.313 e. The molecule has 0 fully saturated rings. The standard InChI is InChI=1S/C19H30O7/c1-11(2)8-13-4-6-14(7-5-13)12(3)19(25)26-10-16(22)18(24)17(23)15(21)9-20/h4-7,11-12,15-18,20-24H,8-10H2,1-3H3/t12?,15-,16+,17-,18-/m1/s1. The maximum Gasteiger partial charge on any atom is 0.313 e. The van der Waals surface area contributed by atoms with Gasteiger partial charge in [-0.25, -0.2) is 0 Å². The molecule has 5 N–H and O–H groups in total. The normalized spacial score (nSPS) is 17.4. The SMILES string of the molecule is CC(C)Cc1ccc(C(C)C(=O)OC[C@H](O)[C@@H](O)[C@H](O)[C@H](O)CO)cc1. The van der Waals surface area contributed by atoms with E-state index >= 15 is 0 Å². The number of aliphatic hydroxyl groups is 5. The van der Waals surface area contributed by atoms with E-state index in [9.17, 15) is 25.2 Å². The number of carbonyl (C=O) groups is 1. The highest BCUT2D eigenvalue weighted by Gasteiger charge is 2.31. The van der Waals surface area contributed by atoms with Gasteiger partial charge in [0.25, 0.3) is 0 Å². The second-order valence-electron chi connectivity index (χ2n) is 6.99. The molecule has 1 rings (SSSR count). The maximum atomic E-state index is 12.1. The Kier molecular flexibility index (Phi) is 9.18. The van der Waals surface area contributed by atoms with Gasteiger partial charge in [0.2, 0.25) is 0 Å². The summed E-state index contributed by atoms with van der Waals surface area (Å²) < 4.78 is 5.00. The second kappa shape index (κ2) is 10.6. The van der Waals surface area contributed by atoms with Crippen LogP contribution in [0.2, 0.25) is 0 Å². The number of hydrogen-bond donors (Lipinski definition) is 5. The third-order valence-electron chi connectivity index (χ3n) is 4.20. The molecule has 148 valence electrons. The van der Waals surface area contributed by atoms with Gasteiger partial charge in [-0.2, -0.15) is 0 Å². The predicted octanol–water partition coefficient (Wildman–Crippen LogP) is -0.0323. The minimum absolute atomic E-state index is 0.537. The molecular weight excluding hydrogens is 340 g/mol. The first-order valence-corrected chi connectivity index (χ1v) is 8.76. The average molecular weight is 370 g/mol. The van der Waals surface area contributed by atoms with Gasteiger partial charge in [-0.15, -0.1) is 0 Å². The first kappa shape index (κ1) is 22.5. The molecular formula is C19H30O7. The molecule has 0 aliphatic carbocycles. The van der Waals surface area contributed by atoms with E-state index in [1.54, 1.807) is 6.92 Å². The Labute approximate surface area is 153 Å². The minimum atomic E-state index is -1.75. The van der Waals surface area contributed by atoms with Gasteiger partial charge in [-0.05, 0) is 30.4 Å². The summed E-state index contributed by atoms with van der Waals surface area (Å²) in [6.07, 6.45) is -5.74. The van der Waals surface area contributed by atoms with Crippen molar-refractivity contribution in [2.45, 2.75) is 57.5 Å². The Bertz CT molecular complexity index is 543. The summed E-state index contributed by atoms with van der Waals surface area (Å²) in [5, 5.41) is 47.0. The monoisotopic (exact) mass is 370 g/mol. The highest BCUT2D eigenvalue weighted by atomic mass is 16.5. The number of carbonyl (C=O) groups excluding carboxylic acids is 1.